The zero-order valence-electron chi connectivity index (χ0n) is 19.2. The van der Waals surface area contributed by atoms with Crippen molar-refractivity contribution in [2.45, 2.75) is 79.5 Å². The van der Waals surface area contributed by atoms with E-state index in [1.807, 2.05) is 13.3 Å². The van der Waals surface area contributed by atoms with E-state index < -0.39 is 6.36 Å². The molecule has 1 aromatic rings. The number of aliphatic imine (C=N–C) groups is 2. The van der Waals surface area contributed by atoms with Gasteiger partial charge in [-0.05, 0) is 56.2 Å². The third-order valence-corrected chi connectivity index (χ3v) is 4.44. The van der Waals surface area contributed by atoms with E-state index in [9.17, 15) is 13.2 Å². The lowest BCUT2D eigenvalue weighted by Gasteiger charge is -2.11. The molecule has 170 valence electrons. The van der Waals surface area contributed by atoms with E-state index in [1.54, 1.807) is 19.1 Å². The summed E-state index contributed by atoms with van der Waals surface area (Å²) in [6.45, 7) is 10.7. The number of hydrogen-bond donors (Lipinski definition) is 0. The molecule has 1 aromatic carbocycles. The van der Waals surface area contributed by atoms with Gasteiger partial charge in [0, 0.05) is 13.3 Å². The van der Waals surface area contributed by atoms with E-state index in [2.05, 4.69) is 48.5 Å². The highest BCUT2D eigenvalue weighted by Crippen LogP contribution is 2.22. The van der Waals surface area contributed by atoms with Crippen LogP contribution < -0.4 is 4.74 Å². The number of hydrogen-bond acceptors (Lipinski definition) is 2. The number of ether oxygens (including phenoxy) is 1. The van der Waals surface area contributed by atoms with Gasteiger partial charge in [0.05, 0.1) is 0 Å². The number of aryl methyl sites for hydroxylation is 1. The van der Waals surface area contributed by atoms with E-state index in [0.29, 0.717) is 0 Å². The van der Waals surface area contributed by atoms with Gasteiger partial charge in [-0.25, -0.2) is 4.99 Å². The second kappa shape index (κ2) is 15.7. The van der Waals surface area contributed by atoms with Gasteiger partial charge in [-0.2, -0.15) is 0 Å². The minimum atomic E-state index is -4.60. The molecule has 0 amide bonds. The molecular formula is C24H37F3N2O. The number of benzene rings is 1. The van der Waals surface area contributed by atoms with Crippen molar-refractivity contribution < 1.29 is 17.9 Å². The highest BCUT2D eigenvalue weighted by atomic mass is 19.4. The van der Waals surface area contributed by atoms with Crippen molar-refractivity contribution in [3.05, 3.63) is 41.5 Å². The van der Waals surface area contributed by atoms with Gasteiger partial charge in [0.25, 0.3) is 0 Å². The Bertz CT molecular complexity index is 662. The predicted molar refractivity (Wildman–Crippen MR) is 122 cm³/mol. The normalized spacial score (nSPS) is 13.8. The van der Waals surface area contributed by atoms with Crippen molar-refractivity contribution >= 4 is 12.1 Å². The maximum absolute atomic E-state index is 11.6. The largest absolute Gasteiger partial charge is 0.573 e. The number of rotatable bonds is 9. The summed E-state index contributed by atoms with van der Waals surface area (Å²) in [4.78, 5) is 8.84. The smallest absolute Gasteiger partial charge is 0.406 e. The molecule has 0 heterocycles. The van der Waals surface area contributed by atoms with Crippen LogP contribution in [0.2, 0.25) is 0 Å². The van der Waals surface area contributed by atoms with Crippen molar-refractivity contribution in [1.82, 2.24) is 0 Å². The average Bonchev–Trinajstić information content (AvgIpc) is 2.70. The fraction of sp³-hybridized carbons (Fsp3) is 0.583. The summed E-state index contributed by atoms with van der Waals surface area (Å²) in [6.07, 6.45) is 6.46. The van der Waals surface area contributed by atoms with Crippen LogP contribution in [0.1, 0.15) is 71.8 Å². The molecule has 0 aromatic heterocycles. The first-order chi connectivity index (χ1) is 14.2. The molecule has 0 fully saturated rings. The Labute approximate surface area is 180 Å². The molecule has 0 aliphatic rings. The van der Waals surface area contributed by atoms with E-state index in [-0.39, 0.29) is 5.75 Å². The van der Waals surface area contributed by atoms with Gasteiger partial charge in [-0.1, -0.05) is 64.3 Å². The monoisotopic (exact) mass is 426 g/mol. The minimum absolute atomic E-state index is 0.187. The molecule has 0 aliphatic carbocycles. The van der Waals surface area contributed by atoms with Crippen LogP contribution in [0.15, 0.2) is 45.9 Å². The van der Waals surface area contributed by atoms with E-state index in [0.717, 1.165) is 43.0 Å². The average molecular weight is 427 g/mol. The molecule has 0 spiro atoms. The fourth-order valence-electron chi connectivity index (χ4n) is 2.46. The van der Waals surface area contributed by atoms with Crippen LogP contribution >= 0.6 is 0 Å². The highest BCUT2D eigenvalue weighted by Gasteiger charge is 2.30. The Morgan fingerprint density at radius 1 is 1.13 bits per heavy atom. The van der Waals surface area contributed by atoms with E-state index >= 15 is 0 Å². The summed E-state index contributed by atoms with van der Waals surface area (Å²) in [7, 11) is 1.84. The van der Waals surface area contributed by atoms with Gasteiger partial charge in [-0.15, -0.1) is 13.2 Å². The summed E-state index contributed by atoms with van der Waals surface area (Å²) in [5, 5.41) is 0. The lowest BCUT2D eigenvalue weighted by molar-refractivity contribution is -0.274. The van der Waals surface area contributed by atoms with Crippen LogP contribution in [0.4, 0.5) is 13.2 Å². The first kappa shape index (κ1) is 27.9. The van der Waals surface area contributed by atoms with E-state index in [1.165, 1.54) is 30.5 Å². The van der Waals surface area contributed by atoms with Crippen LogP contribution in [0.25, 0.3) is 0 Å². The fourth-order valence-corrected chi connectivity index (χ4v) is 2.46. The van der Waals surface area contributed by atoms with Crippen LogP contribution in [0, 0.1) is 12.8 Å². The molecule has 30 heavy (non-hydrogen) atoms. The molecule has 1 rings (SSSR count). The molecular weight excluding hydrogens is 389 g/mol. The lowest BCUT2D eigenvalue weighted by Crippen LogP contribution is -2.16. The third kappa shape index (κ3) is 14.0. The molecule has 1 atom stereocenters. The Morgan fingerprint density at radius 2 is 1.77 bits per heavy atom. The topological polar surface area (TPSA) is 34.0 Å². The molecule has 3 nitrogen and oxygen atoms in total. The maximum Gasteiger partial charge on any atom is 0.573 e. The van der Waals surface area contributed by atoms with Gasteiger partial charge in [-0.3, -0.25) is 4.99 Å². The molecule has 1 unspecified atom stereocenters. The summed E-state index contributed by atoms with van der Waals surface area (Å²) >= 11 is 0. The minimum Gasteiger partial charge on any atom is -0.406 e. The van der Waals surface area contributed by atoms with Crippen LogP contribution in [0.5, 0.6) is 5.75 Å². The zero-order chi connectivity index (χ0) is 23.0. The molecule has 0 N–H and O–H groups in total. The molecule has 0 saturated carbocycles. The molecule has 6 heteroatoms. The standard InChI is InChI=1S/C16H30N2.C8H7F3O/c1-6-9-13-18-16(17-5)15(10-7-2)12-11-14(4)8-3;1-6-2-4-7(5-3-6)12-8(9,10)11/h10,13-14H,6-9,11-12H2,1-5H3;2-5H,1H3/b15-10+,17-16?,18-13?;. The molecule has 0 radical (unpaired) electrons. The van der Waals surface area contributed by atoms with Crippen molar-refractivity contribution in [3.8, 4) is 5.75 Å². The number of halogens is 3. The third-order valence-electron chi connectivity index (χ3n) is 4.44. The van der Waals surface area contributed by atoms with Gasteiger partial charge < -0.3 is 4.74 Å². The van der Waals surface area contributed by atoms with E-state index in [4.69, 9.17) is 0 Å². The van der Waals surface area contributed by atoms with Crippen LogP contribution in [-0.2, 0) is 0 Å². The van der Waals surface area contributed by atoms with Gasteiger partial charge in [0.2, 0.25) is 0 Å². The van der Waals surface area contributed by atoms with Crippen LogP contribution in [0.3, 0.4) is 0 Å². The Hall–Kier alpha value is -2.11. The molecule has 0 aliphatic heterocycles. The second-order valence-corrected chi connectivity index (χ2v) is 7.20. The van der Waals surface area contributed by atoms with Crippen molar-refractivity contribution in [1.29, 1.82) is 0 Å². The quantitative estimate of drug-likeness (QED) is 0.291. The summed E-state index contributed by atoms with van der Waals surface area (Å²) in [5.41, 5.74) is 2.21. The molecule has 0 bridgehead atoms. The maximum atomic E-state index is 11.6. The Balaban J connectivity index is 0.000000604. The Kier molecular flexibility index (Phi) is 14.6. The summed E-state index contributed by atoms with van der Waals surface area (Å²) < 4.78 is 38.5. The first-order valence-electron chi connectivity index (χ1n) is 10.7. The molecule has 0 saturated heterocycles. The number of allylic oxidation sites excluding steroid dienone is 1. The number of amidine groups is 1. The number of nitrogens with zero attached hydrogens (tertiary/aromatic N) is 2. The van der Waals surface area contributed by atoms with Gasteiger partial charge in [0.1, 0.15) is 11.6 Å². The summed E-state index contributed by atoms with van der Waals surface area (Å²) in [6, 6.07) is 5.67. The van der Waals surface area contributed by atoms with Crippen molar-refractivity contribution in [2.75, 3.05) is 7.05 Å². The van der Waals surface area contributed by atoms with Gasteiger partial charge in [0.15, 0.2) is 0 Å². The highest BCUT2D eigenvalue weighted by molar-refractivity contribution is 6.02. The number of unbranched alkanes of at least 4 members (excludes halogenated alkanes) is 1. The van der Waals surface area contributed by atoms with Gasteiger partial charge >= 0.3 is 6.36 Å². The zero-order valence-corrected chi connectivity index (χ0v) is 19.2. The van der Waals surface area contributed by atoms with Crippen LogP contribution in [-0.4, -0.2) is 25.5 Å². The SMILES string of the molecule is CC/C=C(\CCC(C)CC)C(N=CCCC)=NC.Cc1ccc(OC(F)(F)F)cc1. The first-order valence-corrected chi connectivity index (χ1v) is 10.7. The number of alkyl halides is 3. The summed E-state index contributed by atoms with van der Waals surface area (Å²) in [5.74, 6) is 1.52. The second-order valence-electron chi connectivity index (χ2n) is 7.20. The predicted octanol–water partition coefficient (Wildman–Crippen LogP) is 7.94. The van der Waals surface area contributed by atoms with Crippen molar-refractivity contribution in [3.63, 3.8) is 0 Å². The van der Waals surface area contributed by atoms with Crippen molar-refractivity contribution in [2.24, 2.45) is 15.9 Å². The Morgan fingerprint density at radius 3 is 2.23 bits per heavy atom. The lowest BCUT2D eigenvalue weighted by atomic mass is 9.98.